The average molecular weight is 334 g/mol. The van der Waals surface area contributed by atoms with Gasteiger partial charge < -0.3 is 5.32 Å². The van der Waals surface area contributed by atoms with Crippen LogP contribution in [0, 0.1) is 5.82 Å². The zero-order valence-electron chi connectivity index (χ0n) is 12.9. The van der Waals surface area contributed by atoms with Gasteiger partial charge in [-0.1, -0.05) is 13.0 Å². The molecule has 0 spiro atoms. The molecule has 0 aliphatic heterocycles. The standard InChI is InChI=1S/C14H23FN2O2S2/c1-5-16-9-11-6-7-12(15)13(8-11)21(18,19)17-10-14(2,3)20-4/h6-8,16-17H,5,9-10H2,1-4H3. The number of sulfonamides is 1. The third kappa shape index (κ3) is 5.58. The molecule has 0 aromatic heterocycles. The summed E-state index contributed by atoms with van der Waals surface area (Å²) in [4.78, 5) is -0.296. The molecule has 0 saturated heterocycles. The highest BCUT2D eigenvalue weighted by atomic mass is 32.2. The summed E-state index contributed by atoms with van der Waals surface area (Å²) in [5.74, 6) is -0.732. The molecular weight excluding hydrogens is 311 g/mol. The molecule has 4 nitrogen and oxygen atoms in total. The summed E-state index contributed by atoms with van der Waals surface area (Å²) in [7, 11) is -3.85. The van der Waals surface area contributed by atoms with Crippen molar-refractivity contribution in [2.75, 3.05) is 19.3 Å². The zero-order valence-corrected chi connectivity index (χ0v) is 14.5. The highest BCUT2D eigenvalue weighted by Gasteiger charge is 2.24. The molecule has 0 aliphatic carbocycles. The number of benzene rings is 1. The van der Waals surface area contributed by atoms with Crippen LogP contribution in [0.4, 0.5) is 4.39 Å². The second kappa shape index (κ2) is 7.58. The maximum absolute atomic E-state index is 13.8. The van der Waals surface area contributed by atoms with Crippen LogP contribution in [0.25, 0.3) is 0 Å². The fourth-order valence-electron chi connectivity index (χ4n) is 1.55. The van der Waals surface area contributed by atoms with E-state index >= 15 is 0 Å². The molecular formula is C14H23FN2O2S2. The summed E-state index contributed by atoms with van der Waals surface area (Å²) in [5, 5.41) is 3.09. The molecule has 0 amide bonds. The summed E-state index contributed by atoms with van der Waals surface area (Å²) in [6.07, 6.45) is 1.91. The normalized spacial score (nSPS) is 12.6. The lowest BCUT2D eigenvalue weighted by atomic mass is 10.2. The Kier molecular flexibility index (Phi) is 6.65. The van der Waals surface area contributed by atoms with Crippen LogP contribution in [0.1, 0.15) is 26.3 Å². The molecule has 0 bridgehead atoms. The van der Waals surface area contributed by atoms with Crippen LogP contribution in [0.3, 0.4) is 0 Å². The van der Waals surface area contributed by atoms with E-state index in [4.69, 9.17) is 0 Å². The van der Waals surface area contributed by atoms with Gasteiger partial charge in [-0.15, -0.1) is 0 Å². The summed E-state index contributed by atoms with van der Waals surface area (Å²) < 4.78 is 40.6. The maximum Gasteiger partial charge on any atom is 0.243 e. The Balaban J connectivity index is 2.96. The van der Waals surface area contributed by atoms with Crippen LogP contribution in [-0.4, -0.2) is 32.5 Å². The Morgan fingerprint density at radius 2 is 2.00 bits per heavy atom. The first-order chi connectivity index (χ1) is 9.72. The molecule has 0 fully saturated rings. The van der Waals surface area contributed by atoms with Gasteiger partial charge in [-0.25, -0.2) is 17.5 Å². The summed E-state index contributed by atoms with van der Waals surface area (Å²) >= 11 is 1.55. The molecule has 120 valence electrons. The van der Waals surface area contributed by atoms with Crippen molar-refractivity contribution in [3.8, 4) is 0 Å². The first-order valence-electron chi connectivity index (χ1n) is 6.76. The maximum atomic E-state index is 13.8. The minimum Gasteiger partial charge on any atom is -0.313 e. The minimum absolute atomic E-state index is 0.243. The highest BCUT2D eigenvalue weighted by Crippen LogP contribution is 2.22. The molecule has 1 aromatic carbocycles. The summed E-state index contributed by atoms with van der Waals surface area (Å²) in [6.45, 7) is 7.33. The highest BCUT2D eigenvalue weighted by molar-refractivity contribution is 8.00. The molecule has 2 N–H and O–H groups in total. The van der Waals surface area contributed by atoms with E-state index < -0.39 is 15.8 Å². The van der Waals surface area contributed by atoms with Gasteiger partial charge in [0.25, 0.3) is 0 Å². The monoisotopic (exact) mass is 334 g/mol. The van der Waals surface area contributed by atoms with Gasteiger partial charge in [0, 0.05) is 17.8 Å². The van der Waals surface area contributed by atoms with E-state index in [-0.39, 0.29) is 16.2 Å². The van der Waals surface area contributed by atoms with E-state index in [0.717, 1.165) is 12.1 Å². The van der Waals surface area contributed by atoms with E-state index in [0.29, 0.717) is 6.54 Å². The van der Waals surface area contributed by atoms with Crippen LogP contribution in [-0.2, 0) is 16.6 Å². The van der Waals surface area contributed by atoms with E-state index in [1.54, 1.807) is 17.8 Å². The molecule has 7 heteroatoms. The SMILES string of the molecule is CCNCc1ccc(F)c(S(=O)(=O)NCC(C)(C)SC)c1. The Bertz CT molecular complexity index is 574. The van der Waals surface area contributed by atoms with Gasteiger partial charge in [0.15, 0.2) is 0 Å². The molecule has 21 heavy (non-hydrogen) atoms. The Hall–Kier alpha value is -0.630. The lowest BCUT2D eigenvalue weighted by molar-refractivity contribution is 0.549. The predicted molar refractivity (Wildman–Crippen MR) is 86.6 cm³/mol. The number of halogens is 1. The number of hydrogen-bond acceptors (Lipinski definition) is 4. The molecule has 0 atom stereocenters. The van der Waals surface area contributed by atoms with Crippen molar-refractivity contribution in [3.05, 3.63) is 29.6 Å². The van der Waals surface area contributed by atoms with Crippen molar-refractivity contribution in [2.24, 2.45) is 0 Å². The van der Waals surface area contributed by atoms with Gasteiger partial charge >= 0.3 is 0 Å². The smallest absolute Gasteiger partial charge is 0.243 e. The number of hydrogen-bond donors (Lipinski definition) is 2. The first kappa shape index (κ1) is 18.4. The molecule has 1 rings (SSSR count). The van der Waals surface area contributed by atoms with Crippen molar-refractivity contribution >= 4 is 21.8 Å². The number of nitrogens with one attached hydrogen (secondary N) is 2. The lowest BCUT2D eigenvalue weighted by Gasteiger charge is -2.22. The second-order valence-corrected chi connectivity index (χ2v) is 8.58. The quantitative estimate of drug-likeness (QED) is 0.766. The Morgan fingerprint density at radius 3 is 2.57 bits per heavy atom. The second-order valence-electron chi connectivity index (χ2n) is 5.33. The minimum atomic E-state index is -3.85. The molecule has 1 aromatic rings. The Morgan fingerprint density at radius 1 is 1.33 bits per heavy atom. The largest absolute Gasteiger partial charge is 0.313 e. The van der Waals surface area contributed by atoms with Gasteiger partial charge in [0.05, 0.1) is 0 Å². The molecule has 0 radical (unpaired) electrons. The van der Waals surface area contributed by atoms with Gasteiger partial charge in [-0.3, -0.25) is 0 Å². The first-order valence-corrected chi connectivity index (χ1v) is 9.46. The number of rotatable bonds is 8. The fourth-order valence-corrected chi connectivity index (χ4v) is 3.20. The van der Waals surface area contributed by atoms with Crippen LogP contribution in [0.2, 0.25) is 0 Å². The fraction of sp³-hybridized carbons (Fsp3) is 0.571. The zero-order chi connectivity index (χ0) is 16.1. The lowest BCUT2D eigenvalue weighted by Crippen LogP contribution is -2.36. The van der Waals surface area contributed by atoms with Gasteiger partial charge in [0.1, 0.15) is 10.7 Å². The summed E-state index contributed by atoms with van der Waals surface area (Å²) in [6, 6.07) is 4.16. The van der Waals surface area contributed by atoms with Crippen LogP contribution < -0.4 is 10.0 Å². The van der Waals surface area contributed by atoms with Crippen LogP contribution >= 0.6 is 11.8 Å². The Labute approximate surface area is 131 Å². The van der Waals surface area contributed by atoms with E-state index in [9.17, 15) is 12.8 Å². The average Bonchev–Trinajstić information content (AvgIpc) is 2.44. The number of thioether (sulfide) groups is 1. The van der Waals surface area contributed by atoms with Gasteiger partial charge in [-0.05, 0) is 44.3 Å². The third-order valence-corrected chi connectivity index (χ3v) is 5.77. The van der Waals surface area contributed by atoms with Crippen molar-refractivity contribution in [1.29, 1.82) is 0 Å². The molecule has 0 unspecified atom stereocenters. The third-order valence-electron chi connectivity index (χ3n) is 3.10. The van der Waals surface area contributed by atoms with E-state index in [1.165, 1.54) is 12.1 Å². The van der Waals surface area contributed by atoms with E-state index in [1.807, 2.05) is 27.0 Å². The van der Waals surface area contributed by atoms with Crippen molar-refractivity contribution in [2.45, 2.75) is 37.0 Å². The van der Waals surface area contributed by atoms with E-state index in [2.05, 4.69) is 10.0 Å². The van der Waals surface area contributed by atoms with Crippen molar-refractivity contribution < 1.29 is 12.8 Å². The molecule has 0 heterocycles. The van der Waals surface area contributed by atoms with Gasteiger partial charge in [-0.2, -0.15) is 11.8 Å². The van der Waals surface area contributed by atoms with Crippen molar-refractivity contribution in [3.63, 3.8) is 0 Å². The van der Waals surface area contributed by atoms with Crippen LogP contribution in [0.15, 0.2) is 23.1 Å². The van der Waals surface area contributed by atoms with Gasteiger partial charge in [0.2, 0.25) is 10.0 Å². The van der Waals surface area contributed by atoms with Crippen LogP contribution in [0.5, 0.6) is 0 Å². The predicted octanol–water partition coefficient (Wildman–Crippen LogP) is 2.36. The van der Waals surface area contributed by atoms with Crippen molar-refractivity contribution in [1.82, 2.24) is 10.0 Å². The summed E-state index contributed by atoms with van der Waals surface area (Å²) in [5.41, 5.74) is 0.739. The molecule has 0 aliphatic rings. The molecule has 0 saturated carbocycles. The topological polar surface area (TPSA) is 58.2 Å².